The Bertz CT molecular complexity index is 1120. The van der Waals surface area contributed by atoms with Crippen molar-refractivity contribution in [2.24, 2.45) is 5.92 Å². The molecule has 9 heteroatoms. The first kappa shape index (κ1) is 18.4. The molecule has 1 fully saturated rings. The minimum Gasteiger partial charge on any atom is -0.340 e. The van der Waals surface area contributed by atoms with Crippen molar-refractivity contribution in [3.63, 3.8) is 0 Å². The predicted octanol–water partition coefficient (Wildman–Crippen LogP) is 3.71. The molecule has 2 aromatic heterocycles. The summed E-state index contributed by atoms with van der Waals surface area (Å²) in [6.45, 7) is 2.23. The van der Waals surface area contributed by atoms with Gasteiger partial charge in [0.05, 0.1) is 0 Å². The Kier molecular flexibility index (Phi) is 4.64. The van der Waals surface area contributed by atoms with Crippen LogP contribution >= 0.6 is 23.2 Å². The third-order valence-electron chi connectivity index (χ3n) is 5.46. The van der Waals surface area contributed by atoms with Gasteiger partial charge in [-0.25, -0.2) is 0 Å². The molecule has 0 amide bonds. The van der Waals surface area contributed by atoms with Gasteiger partial charge in [-0.15, -0.1) is 0 Å². The van der Waals surface area contributed by atoms with E-state index in [-0.39, 0.29) is 16.8 Å². The Morgan fingerprint density at radius 2 is 1.79 bits per heavy atom. The summed E-state index contributed by atoms with van der Waals surface area (Å²) in [5.74, 6) is 1.56. The number of anilines is 3. The molecule has 3 aromatic rings. The van der Waals surface area contributed by atoms with Crippen molar-refractivity contribution in [2.45, 2.75) is 18.9 Å². The molecule has 0 aliphatic carbocycles. The number of benzene rings is 1. The summed E-state index contributed by atoms with van der Waals surface area (Å²) in [6, 6.07) is 12.8. The highest BCUT2D eigenvalue weighted by Gasteiger charge is 2.35. The number of pyridine rings is 1. The van der Waals surface area contributed by atoms with Crippen LogP contribution in [0.1, 0.15) is 18.0 Å². The van der Waals surface area contributed by atoms with Crippen LogP contribution in [0.15, 0.2) is 47.3 Å². The highest BCUT2D eigenvalue weighted by atomic mass is 35.5. The predicted molar refractivity (Wildman–Crippen MR) is 113 cm³/mol. The molecule has 4 heterocycles. The van der Waals surface area contributed by atoms with Crippen molar-refractivity contribution in [1.82, 2.24) is 19.5 Å². The SMILES string of the molecule is O=c1cccc2n1C[C@H]1C[C@H]2CN(c2nc(Cl)nc(Nc3ccc(Cl)cc3)n2)C1. The molecule has 1 N–H and O–H groups in total. The molecule has 0 radical (unpaired) electrons. The van der Waals surface area contributed by atoms with Gasteiger partial charge in [-0.05, 0) is 54.3 Å². The summed E-state index contributed by atoms with van der Waals surface area (Å²) in [6.07, 6.45) is 1.06. The van der Waals surface area contributed by atoms with Crippen molar-refractivity contribution >= 4 is 40.8 Å². The van der Waals surface area contributed by atoms with Crippen LogP contribution in [0.4, 0.5) is 17.6 Å². The van der Waals surface area contributed by atoms with E-state index in [0.717, 1.165) is 37.4 Å². The number of piperidine rings is 1. The first-order valence-corrected chi connectivity index (χ1v) is 10.2. The first-order chi connectivity index (χ1) is 14.0. The van der Waals surface area contributed by atoms with Gasteiger partial charge < -0.3 is 14.8 Å². The molecule has 29 heavy (non-hydrogen) atoms. The van der Waals surface area contributed by atoms with Crippen LogP contribution < -0.4 is 15.8 Å². The number of rotatable bonds is 3. The highest BCUT2D eigenvalue weighted by molar-refractivity contribution is 6.30. The lowest BCUT2D eigenvalue weighted by atomic mass is 9.83. The van der Waals surface area contributed by atoms with Gasteiger partial charge in [0.2, 0.25) is 17.2 Å². The zero-order valence-electron chi connectivity index (χ0n) is 15.4. The van der Waals surface area contributed by atoms with Crippen molar-refractivity contribution < 1.29 is 0 Å². The third-order valence-corrected chi connectivity index (χ3v) is 5.88. The van der Waals surface area contributed by atoms with Gasteiger partial charge in [-0.2, -0.15) is 15.0 Å². The van der Waals surface area contributed by atoms with Gasteiger partial charge in [0.15, 0.2) is 0 Å². The molecule has 5 rings (SSSR count). The van der Waals surface area contributed by atoms with E-state index in [1.807, 2.05) is 28.8 Å². The van der Waals surface area contributed by atoms with E-state index >= 15 is 0 Å². The van der Waals surface area contributed by atoms with Gasteiger partial charge in [0, 0.05) is 48.0 Å². The summed E-state index contributed by atoms with van der Waals surface area (Å²) in [5.41, 5.74) is 1.97. The molecule has 2 aliphatic heterocycles. The molecule has 148 valence electrons. The topological polar surface area (TPSA) is 75.9 Å². The van der Waals surface area contributed by atoms with Gasteiger partial charge in [-0.1, -0.05) is 17.7 Å². The molecule has 2 bridgehead atoms. The van der Waals surface area contributed by atoms with E-state index in [0.29, 0.717) is 22.8 Å². The molecule has 2 aliphatic rings. The number of halogens is 2. The van der Waals surface area contributed by atoms with Gasteiger partial charge in [-0.3, -0.25) is 4.79 Å². The van der Waals surface area contributed by atoms with Crippen LogP contribution in [-0.4, -0.2) is 32.6 Å². The maximum absolute atomic E-state index is 12.2. The van der Waals surface area contributed by atoms with Crippen LogP contribution in [0.5, 0.6) is 0 Å². The fraction of sp³-hybridized carbons (Fsp3) is 0.300. The standard InChI is InChI=1S/C20H18Cl2N6O/c21-14-4-6-15(7-5-14)23-19-24-18(22)25-20(26-19)27-9-12-8-13(11-27)16-2-1-3-17(29)28(16)10-12/h1-7,12-13H,8-11H2,(H,23,24,25,26)/t12-,13-/m0/s1. The monoisotopic (exact) mass is 428 g/mol. The van der Waals surface area contributed by atoms with Gasteiger partial charge >= 0.3 is 0 Å². The van der Waals surface area contributed by atoms with E-state index in [2.05, 4.69) is 25.2 Å². The quantitative estimate of drug-likeness (QED) is 0.684. The molecule has 0 unspecified atom stereocenters. The lowest BCUT2D eigenvalue weighted by Crippen LogP contribution is -2.47. The zero-order chi connectivity index (χ0) is 20.0. The average molecular weight is 429 g/mol. The van der Waals surface area contributed by atoms with Crippen LogP contribution in [0.2, 0.25) is 10.3 Å². The van der Waals surface area contributed by atoms with Crippen molar-refractivity contribution in [3.8, 4) is 0 Å². The number of hydrogen-bond donors (Lipinski definition) is 1. The second kappa shape index (κ2) is 7.31. The fourth-order valence-corrected chi connectivity index (χ4v) is 4.54. The van der Waals surface area contributed by atoms with Gasteiger partial charge in [0.25, 0.3) is 5.56 Å². The third kappa shape index (κ3) is 3.68. The largest absolute Gasteiger partial charge is 0.340 e. The number of nitrogens with zero attached hydrogens (tertiary/aromatic N) is 5. The van der Waals surface area contributed by atoms with Crippen LogP contribution in [0.3, 0.4) is 0 Å². The lowest BCUT2D eigenvalue weighted by Gasteiger charge is -2.42. The normalized spacial score (nSPS) is 20.3. The van der Waals surface area contributed by atoms with E-state index < -0.39 is 0 Å². The molecular formula is C20H18Cl2N6O. The second-order valence-corrected chi connectivity index (χ2v) is 8.24. The fourth-order valence-electron chi connectivity index (χ4n) is 4.26. The molecule has 7 nitrogen and oxygen atoms in total. The lowest BCUT2D eigenvalue weighted by molar-refractivity contribution is 0.279. The average Bonchev–Trinajstić information content (AvgIpc) is 2.70. The first-order valence-electron chi connectivity index (χ1n) is 9.44. The molecular weight excluding hydrogens is 411 g/mol. The van der Waals surface area contributed by atoms with Crippen molar-refractivity contribution in [1.29, 1.82) is 0 Å². The van der Waals surface area contributed by atoms with Crippen molar-refractivity contribution in [3.05, 3.63) is 68.8 Å². The van der Waals surface area contributed by atoms with Crippen molar-refractivity contribution in [2.75, 3.05) is 23.3 Å². The molecule has 0 saturated carbocycles. The Balaban J connectivity index is 1.42. The highest BCUT2D eigenvalue weighted by Crippen LogP contribution is 2.36. The van der Waals surface area contributed by atoms with Crippen LogP contribution in [-0.2, 0) is 6.54 Å². The van der Waals surface area contributed by atoms with E-state index in [1.165, 1.54) is 0 Å². The minimum atomic E-state index is 0.0725. The Hall–Kier alpha value is -2.64. The summed E-state index contributed by atoms with van der Waals surface area (Å²) in [7, 11) is 0. The second-order valence-electron chi connectivity index (χ2n) is 7.46. The number of fused-ring (bicyclic) bond motifs is 4. The van der Waals surface area contributed by atoms with E-state index in [4.69, 9.17) is 23.2 Å². The summed E-state index contributed by atoms with van der Waals surface area (Å²) in [4.78, 5) is 27.5. The molecule has 2 atom stereocenters. The number of nitrogens with one attached hydrogen (secondary N) is 1. The Morgan fingerprint density at radius 1 is 0.966 bits per heavy atom. The molecule has 1 saturated heterocycles. The van der Waals surface area contributed by atoms with Gasteiger partial charge in [0.1, 0.15) is 0 Å². The Labute approximate surface area is 177 Å². The molecule has 0 spiro atoms. The maximum Gasteiger partial charge on any atom is 0.250 e. The molecule has 1 aromatic carbocycles. The minimum absolute atomic E-state index is 0.0725. The van der Waals surface area contributed by atoms with E-state index in [9.17, 15) is 4.79 Å². The summed E-state index contributed by atoms with van der Waals surface area (Å²) in [5, 5.41) is 3.94. The van der Waals surface area contributed by atoms with Crippen LogP contribution in [0, 0.1) is 5.92 Å². The van der Waals surface area contributed by atoms with E-state index in [1.54, 1.807) is 18.2 Å². The smallest absolute Gasteiger partial charge is 0.250 e. The van der Waals surface area contributed by atoms with Crippen LogP contribution in [0.25, 0.3) is 0 Å². The number of hydrogen-bond acceptors (Lipinski definition) is 6. The zero-order valence-corrected chi connectivity index (χ0v) is 16.9. The summed E-state index contributed by atoms with van der Waals surface area (Å²) >= 11 is 12.1. The summed E-state index contributed by atoms with van der Waals surface area (Å²) < 4.78 is 1.91. The maximum atomic E-state index is 12.2. The number of aromatic nitrogens is 4. The Morgan fingerprint density at radius 3 is 2.62 bits per heavy atom.